The van der Waals surface area contributed by atoms with E-state index in [1.54, 1.807) is 0 Å². The molecule has 2 fully saturated rings. The summed E-state index contributed by atoms with van der Waals surface area (Å²) in [7, 11) is 0. The van der Waals surface area contributed by atoms with Crippen molar-refractivity contribution < 1.29 is 14.7 Å². The van der Waals surface area contributed by atoms with Crippen LogP contribution in [-0.2, 0) is 9.59 Å². The van der Waals surface area contributed by atoms with Crippen LogP contribution in [0.3, 0.4) is 0 Å². The molecule has 2 saturated carbocycles. The van der Waals surface area contributed by atoms with E-state index >= 15 is 0 Å². The summed E-state index contributed by atoms with van der Waals surface area (Å²) < 4.78 is 0. The van der Waals surface area contributed by atoms with E-state index in [1.807, 2.05) is 6.92 Å². The maximum absolute atomic E-state index is 12.7. The number of fused-ring (bicyclic) bond motifs is 4. The van der Waals surface area contributed by atoms with Crippen molar-refractivity contribution in [2.24, 2.45) is 28.1 Å². The molecule has 0 saturated heterocycles. The van der Waals surface area contributed by atoms with Crippen LogP contribution in [0.4, 0.5) is 0 Å². The molecule has 4 heteroatoms. The zero-order valence-electron chi connectivity index (χ0n) is 15.6. The molecule has 1 amide bonds. The van der Waals surface area contributed by atoms with E-state index < -0.39 is 11.4 Å². The van der Waals surface area contributed by atoms with Crippen LogP contribution >= 0.6 is 0 Å². The molecule has 4 rings (SSSR count). The van der Waals surface area contributed by atoms with Gasteiger partial charge in [-0.25, -0.2) is 0 Å². The fourth-order valence-corrected chi connectivity index (χ4v) is 7.26. The Morgan fingerprint density at radius 3 is 2.56 bits per heavy atom. The summed E-state index contributed by atoms with van der Waals surface area (Å²) in [5.41, 5.74) is 2.06. The Morgan fingerprint density at radius 1 is 1.16 bits per heavy atom. The highest BCUT2D eigenvalue weighted by Gasteiger charge is 2.64. The lowest BCUT2D eigenvalue weighted by molar-refractivity contribution is -0.175. The van der Waals surface area contributed by atoms with Gasteiger partial charge in [0.25, 0.3) is 5.91 Å². The van der Waals surface area contributed by atoms with Crippen LogP contribution in [0.5, 0.6) is 0 Å². The topological polar surface area (TPSA) is 66.4 Å². The number of nitrogens with one attached hydrogen (secondary N) is 1. The van der Waals surface area contributed by atoms with Gasteiger partial charge in [0.05, 0.1) is 5.41 Å². The summed E-state index contributed by atoms with van der Waals surface area (Å²) >= 11 is 0. The van der Waals surface area contributed by atoms with Crippen LogP contribution in [0, 0.1) is 28.1 Å². The van der Waals surface area contributed by atoms with Gasteiger partial charge >= 0.3 is 5.97 Å². The molecule has 1 aliphatic heterocycles. The van der Waals surface area contributed by atoms with E-state index in [0.29, 0.717) is 5.92 Å². The first-order valence-electron chi connectivity index (χ1n) is 9.62. The first-order chi connectivity index (χ1) is 11.6. The summed E-state index contributed by atoms with van der Waals surface area (Å²) in [5.74, 6) is -0.0481. The summed E-state index contributed by atoms with van der Waals surface area (Å²) in [4.78, 5) is 24.8. The summed E-state index contributed by atoms with van der Waals surface area (Å²) in [6.45, 7) is 10.6. The molecular formula is C21H29NO3. The van der Waals surface area contributed by atoms with Gasteiger partial charge in [-0.15, -0.1) is 0 Å². The molecule has 5 atom stereocenters. The Kier molecular flexibility index (Phi) is 3.36. The van der Waals surface area contributed by atoms with Crippen LogP contribution in [0.1, 0.15) is 65.7 Å². The highest BCUT2D eigenvalue weighted by molar-refractivity contribution is 6.01. The van der Waals surface area contributed by atoms with E-state index in [4.69, 9.17) is 0 Å². The largest absolute Gasteiger partial charge is 0.481 e. The monoisotopic (exact) mass is 343 g/mol. The van der Waals surface area contributed by atoms with Crippen LogP contribution in [-0.4, -0.2) is 17.0 Å². The summed E-state index contributed by atoms with van der Waals surface area (Å²) in [6.07, 6.45) is 6.53. The first-order valence-corrected chi connectivity index (χ1v) is 9.62. The van der Waals surface area contributed by atoms with Gasteiger partial charge in [0, 0.05) is 16.7 Å². The number of allylic oxidation sites excluding steroid dienone is 1. The fourth-order valence-electron chi connectivity index (χ4n) is 7.26. The van der Waals surface area contributed by atoms with E-state index in [0.717, 1.165) is 61.8 Å². The van der Waals surface area contributed by atoms with E-state index in [1.165, 1.54) is 0 Å². The standard InChI is InChI=1S/C21H29NO3/c1-12-13-6-7-14-19(2)9-5-10-21(4,18(24)25)15(19)8-11-20(14,3)16(13)17(23)22-12/h14-15H,1,5-11H2,2-4H3,(H,22,23)(H,24,25)/t14-,15-,19-,20-,21+/m1/s1. The summed E-state index contributed by atoms with van der Waals surface area (Å²) in [6, 6.07) is 0. The van der Waals surface area contributed by atoms with E-state index in [2.05, 4.69) is 25.7 Å². The molecule has 0 unspecified atom stereocenters. The molecule has 0 spiro atoms. The third-order valence-electron chi connectivity index (χ3n) is 8.39. The molecule has 0 aromatic rings. The second-order valence-electron chi connectivity index (χ2n) is 9.47. The number of rotatable bonds is 1. The lowest BCUT2D eigenvalue weighted by Crippen LogP contribution is -2.58. The van der Waals surface area contributed by atoms with Crippen molar-refractivity contribution in [3.8, 4) is 0 Å². The number of carbonyl (C=O) groups excluding carboxylic acids is 1. The quantitative estimate of drug-likeness (QED) is 0.755. The number of hydrogen-bond donors (Lipinski definition) is 2. The Hall–Kier alpha value is -1.58. The molecule has 4 nitrogen and oxygen atoms in total. The lowest BCUT2D eigenvalue weighted by Gasteiger charge is -2.63. The normalized spacial score (nSPS) is 46.2. The average molecular weight is 343 g/mol. The number of aliphatic carboxylic acids is 1. The van der Waals surface area contributed by atoms with Crippen molar-refractivity contribution in [3.05, 3.63) is 23.4 Å². The predicted molar refractivity (Wildman–Crippen MR) is 95.6 cm³/mol. The molecule has 0 radical (unpaired) electrons. The number of amides is 1. The Bertz CT molecular complexity index is 723. The SMILES string of the molecule is C=C1NC(=O)C2=C1CC[C@@H]1[C@@]3(C)CCC[C@](C)(C(=O)O)[C@@H]3CC[C@@]21C. The molecule has 2 N–H and O–H groups in total. The van der Waals surface area contributed by atoms with Gasteiger partial charge in [0.2, 0.25) is 0 Å². The van der Waals surface area contributed by atoms with Crippen molar-refractivity contribution >= 4 is 11.9 Å². The first kappa shape index (κ1) is 16.9. The minimum absolute atomic E-state index is 0.0128. The zero-order chi connectivity index (χ0) is 18.2. The average Bonchev–Trinajstić information content (AvgIpc) is 2.82. The molecule has 1 heterocycles. The molecule has 3 aliphatic carbocycles. The molecular weight excluding hydrogens is 314 g/mol. The van der Waals surface area contributed by atoms with E-state index in [-0.39, 0.29) is 22.7 Å². The Morgan fingerprint density at radius 2 is 1.88 bits per heavy atom. The second kappa shape index (κ2) is 4.99. The molecule has 4 aliphatic rings. The molecule has 25 heavy (non-hydrogen) atoms. The molecule has 136 valence electrons. The van der Waals surface area contributed by atoms with Gasteiger partial charge < -0.3 is 10.4 Å². The minimum atomic E-state index is -0.644. The third kappa shape index (κ3) is 1.94. The smallest absolute Gasteiger partial charge is 0.309 e. The molecule has 0 bridgehead atoms. The highest BCUT2D eigenvalue weighted by Crippen LogP contribution is 2.69. The van der Waals surface area contributed by atoms with Crippen LogP contribution < -0.4 is 5.32 Å². The third-order valence-corrected chi connectivity index (χ3v) is 8.39. The summed E-state index contributed by atoms with van der Waals surface area (Å²) in [5, 5.41) is 12.9. The van der Waals surface area contributed by atoms with Gasteiger partial charge in [-0.1, -0.05) is 26.8 Å². The van der Waals surface area contributed by atoms with Crippen molar-refractivity contribution in [2.75, 3.05) is 0 Å². The van der Waals surface area contributed by atoms with Gasteiger partial charge in [0.15, 0.2) is 0 Å². The maximum atomic E-state index is 12.7. The van der Waals surface area contributed by atoms with Crippen LogP contribution in [0.2, 0.25) is 0 Å². The minimum Gasteiger partial charge on any atom is -0.481 e. The van der Waals surface area contributed by atoms with Crippen molar-refractivity contribution in [2.45, 2.75) is 65.7 Å². The molecule has 0 aromatic carbocycles. The van der Waals surface area contributed by atoms with Crippen LogP contribution in [0.25, 0.3) is 0 Å². The Labute approximate surface area is 149 Å². The van der Waals surface area contributed by atoms with Crippen LogP contribution in [0.15, 0.2) is 23.4 Å². The predicted octanol–water partition coefficient (Wildman–Crippen LogP) is 4.03. The number of hydrogen-bond acceptors (Lipinski definition) is 2. The number of carboxylic acids is 1. The van der Waals surface area contributed by atoms with Crippen molar-refractivity contribution in [1.82, 2.24) is 5.32 Å². The van der Waals surface area contributed by atoms with Gasteiger partial charge in [-0.2, -0.15) is 0 Å². The van der Waals surface area contributed by atoms with Gasteiger partial charge in [-0.05, 0) is 68.3 Å². The number of carboxylic acid groups (broad SMARTS) is 1. The van der Waals surface area contributed by atoms with E-state index in [9.17, 15) is 14.7 Å². The Balaban J connectivity index is 1.81. The number of carbonyl (C=O) groups is 2. The lowest BCUT2D eigenvalue weighted by atomic mass is 9.40. The van der Waals surface area contributed by atoms with Gasteiger partial charge in [-0.3, -0.25) is 9.59 Å². The highest BCUT2D eigenvalue weighted by atomic mass is 16.4. The second-order valence-corrected chi connectivity index (χ2v) is 9.47. The zero-order valence-corrected chi connectivity index (χ0v) is 15.6. The van der Waals surface area contributed by atoms with Crippen molar-refractivity contribution in [1.29, 1.82) is 0 Å². The van der Waals surface area contributed by atoms with Gasteiger partial charge in [0.1, 0.15) is 0 Å². The van der Waals surface area contributed by atoms with Crippen molar-refractivity contribution in [3.63, 3.8) is 0 Å². The molecule has 0 aromatic heterocycles. The fraction of sp³-hybridized carbons (Fsp3) is 0.714. The maximum Gasteiger partial charge on any atom is 0.309 e.